The molecule has 5 heterocycles. The van der Waals surface area contributed by atoms with Crippen LogP contribution >= 0.6 is 0 Å². The first kappa shape index (κ1) is 23.6. The molecule has 0 spiro atoms. The number of hydrogen-bond acceptors (Lipinski definition) is 5. The first-order chi connectivity index (χ1) is 21.4. The van der Waals surface area contributed by atoms with Crippen LogP contribution in [0.25, 0.3) is 77.9 Å². The first-order valence-electron chi connectivity index (χ1n) is 14.1. The van der Waals surface area contributed by atoms with Gasteiger partial charge in [-0.1, -0.05) is 60.7 Å². The van der Waals surface area contributed by atoms with Crippen LogP contribution in [0.2, 0.25) is 0 Å². The number of nitrogens with zero attached hydrogens (tertiary/aromatic N) is 6. The molecule has 0 unspecified atom stereocenters. The first-order valence-corrected chi connectivity index (χ1v) is 14.1. The smallest absolute Gasteiger partial charge is 0.250 e. The van der Waals surface area contributed by atoms with E-state index in [4.69, 9.17) is 4.42 Å². The summed E-state index contributed by atoms with van der Waals surface area (Å²) in [5.41, 5.74) is 7.81. The highest BCUT2D eigenvalue weighted by atomic mass is 16.4. The van der Waals surface area contributed by atoms with E-state index in [-0.39, 0.29) is 0 Å². The molecule has 5 aromatic heterocycles. The Labute approximate surface area is 245 Å². The van der Waals surface area contributed by atoms with Gasteiger partial charge in [-0.3, -0.25) is 9.97 Å². The summed E-state index contributed by atoms with van der Waals surface area (Å²) in [5, 5.41) is 13.7. The second-order valence-corrected chi connectivity index (χ2v) is 10.4. The Morgan fingerprint density at radius 3 is 1.37 bits per heavy atom. The number of fused-ring (bicyclic) bond motifs is 6. The average molecular weight is 555 g/mol. The molecule has 0 fully saturated rings. The van der Waals surface area contributed by atoms with Crippen LogP contribution in [0.15, 0.2) is 138 Å². The maximum atomic E-state index is 6.57. The fourth-order valence-corrected chi connectivity index (χ4v) is 6.33. The minimum atomic E-state index is 0.453. The van der Waals surface area contributed by atoms with E-state index in [1.54, 1.807) is 12.4 Å². The molecule has 0 N–H and O–H groups in total. The Kier molecular flexibility index (Phi) is 5.06. The number of pyridine rings is 2. The van der Waals surface area contributed by atoms with Crippen molar-refractivity contribution in [3.8, 4) is 34.3 Å². The molecule has 43 heavy (non-hydrogen) atoms. The third-order valence-corrected chi connectivity index (χ3v) is 8.08. The molecular formula is C36H22N6O. The van der Waals surface area contributed by atoms with E-state index in [0.717, 1.165) is 66.1 Å². The molecule has 4 aromatic carbocycles. The molecule has 0 radical (unpaired) electrons. The SMILES string of the molecule is c1cncc(-n2c3ccccc3c3cccc(-c4nnc(-c5cccc6c7ccccc7n(-c7cccnc7)c56)o4)c32)c1. The van der Waals surface area contributed by atoms with E-state index in [2.05, 4.69) is 102 Å². The molecule has 0 aliphatic heterocycles. The van der Waals surface area contributed by atoms with Gasteiger partial charge in [-0.25, -0.2) is 0 Å². The van der Waals surface area contributed by atoms with Gasteiger partial charge in [0.15, 0.2) is 0 Å². The molecule has 0 atom stereocenters. The Morgan fingerprint density at radius 2 is 0.907 bits per heavy atom. The van der Waals surface area contributed by atoms with Crippen LogP contribution in [0.4, 0.5) is 0 Å². The van der Waals surface area contributed by atoms with E-state index in [1.165, 1.54) is 0 Å². The molecule has 9 rings (SSSR count). The molecule has 0 aliphatic carbocycles. The maximum Gasteiger partial charge on any atom is 0.250 e. The van der Waals surface area contributed by atoms with Gasteiger partial charge in [-0.05, 0) is 48.5 Å². The molecule has 0 bridgehead atoms. The highest BCUT2D eigenvalue weighted by molar-refractivity contribution is 6.14. The van der Waals surface area contributed by atoms with Gasteiger partial charge in [0.2, 0.25) is 11.8 Å². The Balaban J connectivity index is 1.30. The lowest BCUT2D eigenvalue weighted by atomic mass is 10.1. The maximum absolute atomic E-state index is 6.57. The van der Waals surface area contributed by atoms with Crippen molar-refractivity contribution in [1.29, 1.82) is 0 Å². The summed E-state index contributed by atoms with van der Waals surface area (Å²) >= 11 is 0. The zero-order valence-corrected chi connectivity index (χ0v) is 22.8. The average Bonchev–Trinajstić information content (AvgIpc) is 3.79. The van der Waals surface area contributed by atoms with E-state index in [1.807, 2.05) is 48.8 Å². The van der Waals surface area contributed by atoms with Crippen molar-refractivity contribution in [2.45, 2.75) is 0 Å². The molecule has 0 amide bonds. The lowest BCUT2D eigenvalue weighted by molar-refractivity contribution is 0.585. The summed E-state index contributed by atoms with van der Waals surface area (Å²) in [6.45, 7) is 0. The second-order valence-electron chi connectivity index (χ2n) is 10.4. The van der Waals surface area contributed by atoms with Gasteiger partial charge in [0.1, 0.15) is 0 Å². The van der Waals surface area contributed by atoms with Crippen LogP contribution in [0.5, 0.6) is 0 Å². The lowest BCUT2D eigenvalue weighted by Crippen LogP contribution is -1.96. The van der Waals surface area contributed by atoms with Crippen LogP contribution in [-0.4, -0.2) is 29.3 Å². The van der Waals surface area contributed by atoms with Crippen molar-refractivity contribution in [1.82, 2.24) is 29.3 Å². The summed E-state index contributed by atoms with van der Waals surface area (Å²) in [4.78, 5) is 8.80. The van der Waals surface area contributed by atoms with E-state index in [0.29, 0.717) is 11.8 Å². The van der Waals surface area contributed by atoms with Gasteiger partial charge >= 0.3 is 0 Å². The molecular weight excluding hydrogens is 532 g/mol. The molecule has 0 saturated carbocycles. The third kappa shape index (κ3) is 3.48. The van der Waals surface area contributed by atoms with Crippen LogP contribution < -0.4 is 0 Å². The second kappa shape index (κ2) is 9.22. The Bertz CT molecular complexity index is 2280. The van der Waals surface area contributed by atoms with E-state index >= 15 is 0 Å². The molecule has 0 saturated heterocycles. The minimum absolute atomic E-state index is 0.453. The predicted octanol–water partition coefficient (Wildman–Crippen LogP) is 8.39. The van der Waals surface area contributed by atoms with Crippen molar-refractivity contribution >= 4 is 43.6 Å². The van der Waals surface area contributed by atoms with Crippen LogP contribution in [0.3, 0.4) is 0 Å². The Morgan fingerprint density at radius 1 is 0.442 bits per heavy atom. The highest BCUT2D eigenvalue weighted by Gasteiger charge is 2.22. The van der Waals surface area contributed by atoms with Gasteiger partial charge in [-0.15, -0.1) is 10.2 Å². The molecule has 9 aromatic rings. The number of aromatic nitrogens is 6. The van der Waals surface area contributed by atoms with Crippen molar-refractivity contribution in [3.05, 3.63) is 134 Å². The summed E-state index contributed by atoms with van der Waals surface area (Å²) in [6, 6.07) is 37.3. The van der Waals surface area contributed by atoms with Crippen molar-refractivity contribution < 1.29 is 4.42 Å². The fourth-order valence-electron chi connectivity index (χ4n) is 6.33. The van der Waals surface area contributed by atoms with Gasteiger partial charge in [0, 0.05) is 33.9 Å². The fraction of sp³-hybridized carbons (Fsp3) is 0. The Hall–Kier alpha value is -6.08. The predicted molar refractivity (Wildman–Crippen MR) is 169 cm³/mol. The quantitative estimate of drug-likeness (QED) is 0.218. The molecule has 0 aliphatic rings. The number of benzene rings is 4. The van der Waals surface area contributed by atoms with Crippen LogP contribution in [0.1, 0.15) is 0 Å². The summed E-state index contributed by atoms with van der Waals surface area (Å²) < 4.78 is 11.0. The summed E-state index contributed by atoms with van der Waals surface area (Å²) in [5.74, 6) is 0.907. The highest BCUT2D eigenvalue weighted by Crippen LogP contribution is 2.40. The van der Waals surface area contributed by atoms with Gasteiger partial charge in [0.25, 0.3) is 0 Å². The molecule has 7 nitrogen and oxygen atoms in total. The topological polar surface area (TPSA) is 74.6 Å². The standard InChI is InChI=1S/C36H22N6O/c1-3-17-31-25(11-1)27-13-5-15-29(33(27)41(31)23-9-7-19-37-21-23)35-39-40-36(43-35)30-16-6-14-28-26-12-2-4-18-32(26)42(34(28)30)24-10-8-20-38-22-24/h1-22H. The summed E-state index contributed by atoms with van der Waals surface area (Å²) in [6.07, 6.45) is 7.32. The monoisotopic (exact) mass is 554 g/mol. The summed E-state index contributed by atoms with van der Waals surface area (Å²) in [7, 11) is 0. The number of hydrogen-bond donors (Lipinski definition) is 0. The largest absolute Gasteiger partial charge is 0.416 e. The molecule has 7 heteroatoms. The number of para-hydroxylation sites is 4. The van der Waals surface area contributed by atoms with Crippen molar-refractivity contribution in [2.75, 3.05) is 0 Å². The van der Waals surface area contributed by atoms with Gasteiger partial charge in [0.05, 0.1) is 57.0 Å². The lowest BCUT2D eigenvalue weighted by Gasteiger charge is -2.09. The van der Waals surface area contributed by atoms with Crippen molar-refractivity contribution in [3.63, 3.8) is 0 Å². The van der Waals surface area contributed by atoms with Crippen LogP contribution in [0, 0.1) is 0 Å². The van der Waals surface area contributed by atoms with Crippen LogP contribution in [-0.2, 0) is 0 Å². The van der Waals surface area contributed by atoms with Gasteiger partial charge in [-0.2, -0.15) is 0 Å². The zero-order chi connectivity index (χ0) is 28.3. The minimum Gasteiger partial charge on any atom is -0.416 e. The van der Waals surface area contributed by atoms with E-state index in [9.17, 15) is 0 Å². The molecule has 202 valence electrons. The van der Waals surface area contributed by atoms with Gasteiger partial charge < -0.3 is 13.6 Å². The number of rotatable bonds is 4. The van der Waals surface area contributed by atoms with E-state index < -0.39 is 0 Å². The zero-order valence-electron chi connectivity index (χ0n) is 22.8. The normalized spacial score (nSPS) is 11.7. The third-order valence-electron chi connectivity index (χ3n) is 8.08. The van der Waals surface area contributed by atoms with Crippen molar-refractivity contribution in [2.24, 2.45) is 0 Å².